The van der Waals surface area contributed by atoms with Gasteiger partial charge in [0.15, 0.2) is 0 Å². The molecule has 1 aliphatic heterocycles. The molecule has 2 fully saturated rings. The monoisotopic (exact) mass is 321 g/mol. The number of aromatic nitrogens is 1. The molecule has 2 aliphatic rings. The summed E-state index contributed by atoms with van der Waals surface area (Å²) >= 11 is 6.21. The van der Waals surface area contributed by atoms with Crippen LogP contribution in [0.1, 0.15) is 42.5 Å². The second-order valence-corrected chi connectivity index (χ2v) is 7.08. The van der Waals surface area contributed by atoms with Gasteiger partial charge < -0.3 is 9.80 Å². The van der Waals surface area contributed by atoms with Gasteiger partial charge in [-0.1, -0.05) is 30.9 Å². The highest BCUT2D eigenvalue weighted by atomic mass is 35.5. The number of nitrogens with zero attached hydrogens (tertiary/aromatic N) is 3. The summed E-state index contributed by atoms with van der Waals surface area (Å²) in [7, 11) is 3.44. The average molecular weight is 322 g/mol. The van der Waals surface area contributed by atoms with Gasteiger partial charge in [-0.3, -0.25) is 4.79 Å². The Morgan fingerprint density at radius 1 is 1.18 bits per heavy atom. The normalized spacial score (nSPS) is 19.9. The molecule has 0 radical (unpaired) electrons. The van der Waals surface area contributed by atoms with Crippen molar-refractivity contribution >= 4 is 23.3 Å². The number of halogens is 1. The predicted molar refractivity (Wildman–Crippen MR) is 89.5 cm³/mol. The first-order valence-corrected chi connectivity index (χ1v) is 8.57. The third kappa shape index (κ3) is 3.07. The molecule has 1 aromatic heterocycles. The van der Waals surface area contributed by atoms with E-state index in [0.29, 0.717) is 10.7 Å². The zero-order chi connectivity index (χ0) is 15.7. The second-order valence-electron chi connectivity index (χ2n) is 6.72. The van der Waals surface area contributed by atoms with Gasteiger partial charge in [-0.15, -0.1) is 0 Å². The standard InChI is InChI=1S/C17H24ClN3O/c1-20(2)17(22)14-6-7-15(19-16(14)18)21-10-8-13(9-11-21)12-4-3-5-12/h6-7,12-13H,3-5,8-11H2,1-2H3. The van der Waals surface area contributed by atoms with Crippen LogP contribution in [-0.4, -0.2) is 43.0 Å². The van der Waals surface area contributed by atoms with Crippen LogP contribution < -0.4 is 4.90 Å². The van der Waals surface area contributed by atoms with Crippen LogP contribution in [0.25, 0.3) is 0 Å². The minimum absolute atomic E-state index is 0.104. The average Bonchev–Trinajstić information content (AvgIpc) is 2.45. The highest BCUT2D eigenvalue weighted by Gasteiger charge is 2.30. The van der Waals surface area contributed by atoms with E-state index in [4.69, 9.17) is 11.6 Å². The van der Waals surface area contributed by atoms with Crippen molar-refractivity contribution in [3.63, 3.8) is 0 Å². The van der Waals surface area contributed by atoms with Crippen LogP contribution in [0.15, 0.2) is 12.1 Å². The molecule has 1 amide bonds. The Balaban J connectivity index is 1.65. The fourth-order valence-electron chi connectivity index (χ4n) is 3.51. The van der Waals surface area contributed by atoms with E-state index in [9.17, 15) is 4.79 Å². The molecule has 0 N–H and O–H groups in total. The number of hydrogen-bond donors (Lipinski definition) is 0. The summed E-state index contributed by atoms with van der Waals surface area (Å²) in [4.78, 5) is 20.3. The van der Waals surface area contributed by atoms with Crippen LogP contribution in [0.4, 0.5) is 5.82 Å². The number of anilines is 1. The van der Waals surface area contributed by atoms with Gasteiger partial charge in [0.25, 0.3) is 5.91 Å². The second kappa shape index (κ2) is 6.45. The van der Waals surface area contributed by atoms with Gasteiger partial charge in [-0.2, -0.15) is 0 Å². The van der Waals surface area contributed by atoms with Crippen LogP contribution in [0.2, 0.25) is 5.15 Å². The maximum atomic E-state index is 12.0. The minimum Gasteiger partial charge on any atom is -0.357 e. The predicted octanol–water partition coefficient (Wildman–Crippen LogP) is 3.45. The van der Waals surface area contributed by atoms with Crippen LogP contribution in [0.3, 0.4) is 0 Å². The lowest BCUT2D eigenvalue weighted by molar-refractivity contribution is 0.0827. The van der Waals surface area contributed by atoms with Crippen LogP contribution in [0.5, 0.6) is 0 Å². The van der Waals surface area contributed by atoms with Crippen LogP contribution >= 0.6 is 11.6 Å². The Labute approximate surface area is 137 Å². The number of piperidine rings is 1. The van der Waals surface area contributed by atoms with Crippen molar-refractivity contribution in [3.05, 3.63) is 22.8 Å². The van der Waals surface area contributed by atoms with Gasteiger partial charge >= 0.3 is 0 Å². The minimum atomic E-state index is -0.104. The highest BCUT2D eigenvalue weighted by Crippen LogP contribution is 2.39. The fourth-order valence-corrected chi connectivity index (χ4v) is 3.74. The van der Waals surface area contributed by atoms with E-state index in [0.717, 1.165) is 30.7 Å². The van der Waals surface area contributed by atoms with Crippen molar-refractivity contribution in [2.45, 2.75) is 32.1 Å². The number of carbonyl (C=O) groups is 1. The SMILES string of the molecule is CN(C)C(=O)c1ccc(N2CCC(C3CCC3)CC2)nc1Cl. The van der Waals surface area contributed by atoms with Crippen molar-refractivity contribution in [1.82, 2.24) is 9.88 Å². The van der Waals surface area contributed by atoms with E-state index in [1.807, 2.05) is 6.07 Å². The zero-order valence-corrected chi connectivity index (χ0v) is 14.1. The van der Waals surface area contributed by atoms with E-state index in [1.165, 1.54) is 37.0 Å². The molecule has 4 nitrogen and oxygen atoms in total. The molecule has 1 aromatic rings. The molecule has 0 atom stereocenters. The van der Waals surface area contributed by atoms with Gasteiger partial charge in [0, 0.05) is 27.2 Å². The Bertz CT molecular complexity index is 549. The van der Waals surface area contributed by atoms with E-state index < -0.39 is 0 Å². The largest absolute Gasteiger partial charge is 0.357 e. The molecule has 22 heavy (non-hydrogen) atoms. The molecule has 3 rings (SSSR count). The third-order valence-corrected chi connectivity index (χ3v) is 5.44. The molecule has 2 heterocycles. The molecule has 0 unspecified atom stereocenters. The van der Waals surface area contributed by atoms with Crippen LogP contribution in [-0.2, 0) is 0 Å². The molecule has 1 saturated carbocycles. The van der Waals surface area contributed by atoms with Gasteiger partial charge in [0.05, 0.1) is 5.56 Å². The van der Waals surface area contributed by atoms with E-state index in [1.54, 1.807) is 20.2 Å². The number of amides is 1. The summed E-state index contributed by atoms with van der Waals surface area (Å²) in [5.41, 5.74) is 0.472. The summed E-state index contributed by atoms with van der Waals surface area (Å²) in [6, 6.07) is 3.72. The lowest BCUT2D eigenvalue weighted by atomic mass is 9.72. The Kier molecular flexibility index (Phi) is 4.57. The molecule has 5 heteroatoms. The Morgan fingerprint density at radius 2 is 1.82 bits per heavy atom. The van der Waals surface area contributed by atoms with E-state index >= 15 is 0 Å². The van der Waals surface area contributed by atoms with Gasteiger partial charge in [-0.05, 0) is 36.8 Å². The van der Waals surface area contributed by atoms with Crippen LogP contribution in [0, 0.1) is 11.8 Å². The fraction of sp³-hybridized carbons (Fsp3) is 0.647. The summed E-state index contributed by atoms with van der Waals surface area (Å²) < 4.78 is 0. The highest BCUT2D eigenvalue weighted by molar-refractivity contribution is 6.32. The lowest BCUT2D eigenvalue weighted by Gasteiger charge is -2.40. The van der Waals surface area contributed by atoms with E-state index in [2.05, 4.69) is 9.88 Å². The maximum Gasteiger partial charge on any atom is 0.256 e. The van der Waals surface area contributed by atoms with Crippen molar-refractivity contribution in [1.29, 1.82) is 0 Å². The molecule has 0 aromatic carbocycles. The smallest absolute Gasteiger partial charge is 0.256 e. The number of rotatable bonds is 3. The molecular weight excluding hydrogens is 298 g/mol. The van der Waals surface area contributed by atoms with Crippen molar-refractivity contribution in [2.75, 3.05) is 32.1 Å². The summed E-state index contributed by atoms with van der Waals surface area (Å²) in [6.07, 6.45) is 6.78. The first-order chi connectivity index (χ1) is 10.6. The Morgan fingerprint density at radius 3 is 2.32 bits per heavy atom. The quantitative estimate of drug-likeness (QED) is 0.800. The maximum absolute atomic E-state index is 12.0. The number of hydrogen-bond acceptors (Lipinski definition) is 3. The topological polar surface area (TPSA) is 36.4 Å². The van der Waals surface area contributed by atoms with Gasteiger partial charge in [0.2, 0.25) is 0 Å². The Hall–Kier alpha value is -1.29. The molecule has 1 aliphatic carbocycles. The molecule has 0 bridgehead atoms. The lowest BCUT2D eigenvalue weighted by Crippen LogP contribution is -2.38. The van der Waals surface area contributed by atoms with Gasteiger partial charge in [0.1, 0.15) is 11.0 Å². The van der Waals surface area contributed by atoms with Crippen molar-refractivity contribution < 1.29 is 4.79 Å². The van der Waals surface area contributed by atoms with Crippen molar-refractivity contribution in [3.8, 4) is 0 Å². The summed E-state index contributed by atoms with van der Waals surface area (Å²) in [6.45, 7) is 2.09. The first-order valence-electron chi connectivity index (χ1n) is 8.19. The summed E-state index contributed by atoms with van der Waals surface area (Å²) in [5, 5.41) is 0.303. The molecule has 1 saturated heterocycles. The third-order valence-electron chi connectivity index (χ3n) is 5.15. The molecule has 0 spiro atoms. The van der Waals surface area contributed by atoms with Crippen molar-refractivity contribution in [2.24, 2.45) is 11.8 Å². The zero-order valence-electron chi connectivity index (χ0n) is 13.4. The number of pyridine rings is 1. The summed E-state index contributed by atoms with van der Waals surface area (Å²) in [5.74, 6) is 2.66. The molecular formula is C17H24ClN3O. The molecule has 120 valence electrons. The van der Waals surface area contributed by atoms with Gasteiger partial charge in [-0.25, -0.2) is 4.98 Å². The van der Waals surface area contributed by atoms with E-state index in [-0.39, 0.29) is 5.91 Å². The number of carbonyl (C=O) groups excluding carboxylic acids is 1. The first kappa shape index (κ1) is 15.6.